The van der Waals surface area contributed by atoms with Gasteiger partial charge in [0.1, 0.15) is 0 Å². The molecule has 0 aromatic carbocycles. The number of ether oxygens (including phenoxy) is 1. The maximum Gasteiger partial charge on any atom is 0.315 e. The molecule has 0 aromatic rings. The van der Waals surface area contributed by atoms with Gasteiger partial charge >= 0.3 is 5.97 Å². The minimum Gasteiger partial charge on any atom is -0.435 e. The van der Waals surface area contributed by atoms with E-state index in [9.17, 15) is 4.79 Å². The third kappa shape index (κ3) is 12.5. The molecule has 1 unspecified atom stereocenters. The van der Waals surface area contributed by atoms with Gasteiger partial charge in [0.05, 0.1) is 12.7 Å². The highest BCUT2D eigenvalue weighted by Crippen LogP contribution is 2.23. The van der Waals surface area contributed by atoms with Crippen LogP contribution < -0.4 is 0 Å². The van der Waals surface area contributed by atoms with E-state index in [4.69, 9.17) is 4.74 Å². The summed E-state index contributed by atoms with van der Waals surface area (Å²) < 4.78 is 4.84. The predicted octanol–water partition coefficient (Wildman–Crippen LogP) is 8.92. The van der Waals surface area contributed by atoms with Gasteiger partial charge in [-0.2, -0.15) is 0 Å². The van der Waals surface area contributed by atoms with Crippen molar-refractivity contribution in [3.8, 4) is 0 Å². The quantitative estimate of drug-likeness (QED) is 0.134. The second-order valence-electron chi connectivity index (χ2n) is 8.67. The maximum atomic E-state index is 11.9. The Hall–Kier alpha value is -3.13. The molecule has 0 aliphatic rings. The normalized spacial score (nSPS) is 12.6. The monoisotopic (exact) mass is 446 g/mol. The molecule has 178 valence electrons. The summed E-state index contributed by atoms with van der Waals surface area (Å²) in [5, 5.41) is 0. The molecule has 0 rings (SSSR count). The summed E-state index contributed by atoms with van der Waals surface area (Å²) in [6.45, 7) is 36.6. The first-order valence-corrected chi connectivity index (χ1v) is 11.4. The van der Waals surface area contributed by atoms with Crippen LogP contribution in [0.3, 0.4) is 0 Å². The van der Waals surface area contributed by atoms with Crippen LogP contribution in [0.15, 0.2) is 122 Å². The summed E-state index contributed by atoms with van der Waals surface area (Å²) in [7, 11) is 0. The zero-order chi connectivity index (χ0) is 25.6. The van der Waals surface area contributed by atoms with Gasteiger partial charge in [-0.25, -0.2) is 0 Å². The molecule has 0 aliphatic carbocycles. The third-order valence-electron chi connectivity index (χ3n) is 5.40. The Morgan fingerprint density at radius 2 is 1.33 bits per heavy atom. The Labute approximate surface area is 202 Å². The van der Waals surface area contributed by atoms with Crippen LogP contribution in [0.2, 0.25) is 0 Å². The van der Waals surface area contributed by atoms with Crippen LogP contribution in [0.25, 0.3) is 0 Å². The van der Waals surface area contributed by atoms with E-state index in [1.165, 1.54) is 6.42 Å². The van der Waals surface area contributed by atoms with Gasteiger partial charge in [0.2, 0.25) is 0 Å². The fraction of sp³-hybridized carbons (Fsp3) is 0.323. The Morgan fingerprint density at radius 1 is 0.818 bits per heavy atom. The van der Waals surface area contributed by atoms with Crippen molar-refractivity contribution in [1.82, 2.24) is 0 Å². The number of rotatable bonds is 16. The fourth-order valence-electron chi connectivity index (χ4n) is 2.76. The minimum atomic E-state index is -0.392. The largest absolute Gasteiger partial charge is 0.435 e. The molecule has 2 heteroatoms. The molecule has 0 spiro atoms. The number of carbonyl (C=O) groups excluding carboxylic acids is 1. The first kappa shape index (κ1) is 29.9. The number of esters is 1. The number of hydrogen-bond donors (Lipinski definition) is 0. The minimum absolute atomic E-state index is 0.0997. The van der Waals surface area contributed by atoms with Crippen molar-refractivity contribution >= 4 is 5.97 Å². The van der Waals surface area contributed by atoms with E-state index in [1.54, 1.807) is 0 Å². The van der Waals surface area contributed by atoms with Gasteiger partial charge in [-0.3, -0.25) is 4.79 Å². The summed E-state index contributed by atoms with van der Waals surface area (Å²) in [5.41, 5.74) is 5.68. The molecule has 2 nitrogen and oxygen atoms in total. The summed E-state index contributed by atoms with van der Waals surface area (Å²) in [5.74, 6) is 0.737. The van der Waals surface area contributed by atoms with Gasteiger partial charge in [0, 0.05) is 0 Å². The van der Waals surface area contributed by atoms with E-state index in [1.807, 2.05) is 37.3 Å². The maximum absolute atomic E-state index is 11.9. The highest BCUT2D eigenvalue weighted by atomic mass is 16.5. The van der Waals surface area contributed by atoms with Crippen molar-refractivity contribution in [3.05, 3.63) is 122 Å². The predicted molar refractivity (Wildman–Crippen MR) is 146 cm³/mol. The first-order valence-electron chi connectivity index (χ1n) is 11.4. The van der Waals surface area contributed by atoms with Gasteiger partial charge < -0.3 is 4.74 Å². The molecule has 0 fully saturated rings. The molecule has 1 atom stereocenters. The molecule has 0 aliphatic heterocycles. The SMILES string of the molecule is C=COC(=O)C/C(=C/C(=C)C(=C)/C=C\C(=C)C(=C)/C=C\C(=C)C(C)CCC(C)C)C(=C)CC. The van der Waals surface area contributed by atoms with Crippen molar-refractivity contribution in [3.63, 3.8) is 0 Å². The van der Waals surface area contributed by atoms with Crippen molar-refractivity contribution in [2.45, 2.75) is 53.4 Å². The van der Waals surface area contributed by atoms with Crippen LogP contribution in [-0.4, -0.2) is 5.97 Å². The average Bonchev–Trinajstić information content (AvgIpc) is 2.77. The number of carbonyl (C=O) groups is 1. The van der Waals surface area contributed by atoms with Crippen LogP contribution in [0.4, 0.5) is 0 Å². The van der Waals surface area contributed by atoms with Gasteiger partial charge in [-0.05, 0) is 52.5 Å². The summed E-state index contributed by atoms with van der Waals surface area (Å²) in [4.78, 5) is 11.9. The van der Waals surface area contributed by atoms with Crippen LogP contribution in [0, 0.1) is 11.8 Å². The number of allylic oxidation sites excluding steroid dienone is 11. The second kappa shape index (κ2) is 15.6. The highest BCUT2D eigenvalue weighted by molar-refractivity contribution is 5.75. The zero-order valence-electron chi connectivity index (χ0n) is 21.2. The average molecular weight is 447 g/mol. The number of hydrogen-bond acceptors (Lipinski definition) is 2. The molecule has 0 heterocycles. The van der Waals surface area contributed by atoms with Gasteiger partial charge in [-0.15, -0.1) is 0 Å². The topological polar surface area (TPSA) is 26.3 Å². The van der Waals surface area contributed by atoms with E-state index >= 15 is 0 Å². The molecule has 33 heavy (non-hydrogen) atoms. The Morgan fingerprint density at radius 3 is 1.82 bits per heavy atom. The summed E-state index contributed by atoms with van der Waals surface area (Å²) in [6.07, 6.45) is 13.8. The van der Waals surface area contributed by atoms with Crippen molar-refractivity contribution in [2.75, 3.05) is 0 Å². The molecule has 0 radical (unpaired) electrons. The molecule has 0 N–H and O–H groups in total. The van der Waals surface area contributed by atoms with Gasteiger partial charge in [-0.1, -0.05) is 122 Å². The van der Waals surface area contributed by atoms with E-state index in [-0.39, 0.29) is 6.42 Å². The molecular weight excluding hydrogens is 404 g/mol. The molecular formula is C31H42O2. The fourth-order valence-corrected chi connectivity index (χ4v) is 2.76. The lowest BCUT2D eigenvalue weighted by Crippen LogP contribution is -2.03. The molecule has 0 saturated carbocycles. The smallest absolute Gasteiger partial charge is 0.315 e. The molecule has 0 saturated heterocycles. The molecule has 0 amide bonds. The standard InChI is InChI=1S/C31H42O2/c1-12-23(5)30(21-31(32)33-13-2)20-29(11)28(10)19-18-27(9)26(8)17-16-25(7)24(6)15-14-22(3)4/h13,16-20,22,24H,2,5,7-12,14-15,21H2,1,3-4,6H3/b17-16-,19-18-,30-20-. The lowest BCUT2D eigenvalue weighted by atomic mass is 9.93. The van der Waals surface area contributed by atoms with Crippen molar-refractivity contribution < 1.29 is 9.53 Å². The van der Waals surface area contributed by atoms with Gasteiger partial charge in [0.25, 0.3) is 0 Å². The lowest BCUT2D eigenvalue weighted by Gasteiger charge is -2.13. The van der Waals surface area contributed by atoms with Crippen molar-refractivity contribution in [1.29, 1.82) is 0 Å². The van der Waals surface area contributed by atoms with E-state index in [0.29, 0.717) is 29.4 Å². The Balaban J connectivity index is 5.11. The Kier molecular flexibility index (Phi) is 14.2. The highest BCUT2D eigenvalue weighted by Gasteiger charge is 2.10. The second-order valence-corrected chi connectivity index (χ2v) is 8.67. The summed E-state index contributed by atoms with van der Waals surface area (Å²) >= 11 is 0. The lowest BCUT2D eigenvalue weighted by molar-refractivity contribution is -0.137. The van der Waals surface area contributed by atoms with Crippen molar-refractivity contribution in [2.24, 2.45) is 11.8 Å². The van der Waals surface area contributed by atoms with Gasteiger partial charge in [0.15, 0.2) is 0 Å². The molecule has 0 aromatic heterocycles. The Bertz CT molecular complexity index is 884. The molecule has 0 bridgehead atoms. The zero-order valence-corrected chi connectivity index (χ0v) is 21.2. The third-order valence-corrected chi connectivity index (χ3v) is 5.40. The van der Waals surface area contributed by atoms with E-state index in [2.05, 4.69) is 66.8 Å². The van der Waals surface area contributed by atoms with Crippen LogP contribution in [-0.2, 0) is 9.53 Å². The van der Waals surface area contributed by atoms with E-state index in [0.717, 1.165) is 40.5 Å². The summed E-state index contributed by atoms with van der Waals surface area (Å²) in [6, 6.07) is 0. The first-order chi connectivity index (χ1) is 15.4. The van der Waals surface area contributed by atoms with Crippen LogP contribution in [0.1, 0.15) is 53.4 Å². The van der Waals surface area contributed by atoms with Crippen LogP contribution in [0.5, 0.6) is 0 Å². The van der Waals surface area contributed by atoms with E-state index < -0.39 is 5.97 Å². The van der Waals surface area contributed by atoms with Crippen LogP contribution >= 0.6 is 0 Å².